The lowest BCUT2D eigenvalue weighted by molar-refractivity contribution is 0.405. The lowest BCUT2D eigenvalue weighted by Crippen LogP contribution is -2.31. The number of pyridine rings is 1. The monoisotopic (exact) mass is 193 g/mol. The summed E-state index contributed by atoms with van der Waals surface area (Å²) in [6.45, 7) is 7.85. The summed E-state index contributed by atoms with van der Waals surface area (Å²) >= 11 is 0. The fourth-order valence-corrected chi connectivity index (χ4v) is 1.03. The van der Waals surface area contributed by atoms with E-state index in [2.05, 4.69) is 31.1 Å². The highest BCUT2D eigenvalue weighted by molar-refractivity contribution is 5.37. The highest BCUT2D eigenvalue weighted by Crippen LogP contribution is 2.14. The second kappa shape index (κ2) is 4.42. The molecule has 1 heterocycles. The van der Waals surface area contributed by atoms with Crippen molar-refractivity contribution in [2.75, 3.05) is 18.4 Å². The number of nitrogens with one attached hydrogen (secondary N) is 1. The molecule has 1 rings (SSSR count). The first-order chi connectivity index (χ1) is 6.53. The fraction of sp³-hybridized carbons (Fsp3) is 0.545. The van der Waals surface area contributed by atoms with Crippen LogP contribution >= 0.6 is 0 Å². The van der Waals surface area contributed by atoms with Gasteiger partial charge in [-0.3, -0.25) is 0 Å². The smallest absolute Gasteiger partial charge is 0.126 e. The van der Waals surface area contributed by atoms with Crippen LogP contribution in [0, 0.1) is 12.3 Å². The van der Waals surface area contributed by atoms with Gasteiger partial charge >= 0.3 is 0 Å². The van der Waals surface area contributed by atoms with Crippen molar-refractivity contribution in [3.05, 3.63) is 23.9 Å². The van der Waals surface area contributed by atoms with E-state index in [0.717, 1.165) is 12.4 Å². The van der Waals surface area contributed by atoms with Gasteiger partial charge in [0.1, 0.15) is 5.82 Å². The first kappa shape index (κ1) is 11.0. The lowest BCUT2D eigenvalue weighted by Gasteiger charge is -2.22. The van der Waals surface area contributed by atoms with Crippen LogP contribution < -0.4 is 11.1 Å². The van der Waals surface area contributed by atoms with Gasteiger partial charge in [0.2, 0.25) is 0 Å². The van der Waals surface area contributed by atoms with E-state index in [4.69, 9.17) is 5.73 Å². The van der Waals surface area contributed by atoms with Gasteiger partial charge in [-0.15, -0.1) is 0 Å². The Kier molecular flexibility index (Phi) is 3.47. The number of nitrogens with two attached hydrogens (primary N) is 1. The molecule has 0 atom stereocenters. The predicted molar refractivity (Wildman–Crippen MR) is 60.3 cm³/mol. The highest BCUT2D eigenvalue weighted by atomic mass is 15.0. The molecule has 0 aliphatic carbocycles. The molecule has 3 N–H and O–H groups in total. The molecule has 78 valence electrons. The first-order valence-corrected chi connectivity index (χ1v) is 4.90. The molecule has 0 aliphatic rings. The van der Waals surface area contributed by atoms with Crippen LogP contribution in [0.1, 0.15) is 19.4 Å². The van der Waals surface area contributed by atoms with Crippen LogP contribution in [0.4, 0.5) is 5.82 Å². The van der Waals surface area contributed by atoms with Crippen molar-refractivity contribution in [3.63, 3.8) is 0 Å². The number of rotatable bonds is 4. The summed E-state index contributed by atoms with van der Waals surface area (Å²) in [4.78, 5) is 4.23. The molecule has 14 heavy (non-hydrogen) atoms. The zero-order valence-electron chi connectivity index (χ0n) is 9.17. The first-order valence-electron chi connectivity index (χ1n) is 4.90. The number of anilines is 1. The second-order valence-electron chi connectivity index (χ2n) is 4.44. The summed E-state index contributed by atoms with van der Waals surface area (Å²) in [5.74, 6) is 0.923. The van der Waals surface area contributed by atoms with Gasteiger partial charge in [0.15, 0.2) is 0 Å². The van der Waals surface area contributed by atoms with Crippen molar-refractivity contribution in [3.8, 4) is 0 Å². The van der Waals surface area contributed by atoms with Gasteiger partial charge in [0, 0.05) is 12.7 Å². The third-order valence-electron chi connectivity index (χ3n) is 2.22. The van der Waals surface area contributed by atoms with Gasteiger partial charge in [-0.1, -0.05) is 13.8 Å². The SMILES string of the molecule is Cc1ccnc(NCC(C)(C)CN)c1. The Labute approximate surface area is 85.7 Å². The van der Waals surface area contributed by atoms with E-state index in [1.165, 1.54) is 5.56 Å². The number of aromatic nitrogens is 1. The summed E-state index contributed by atoms with van der Waals surface area (Å²) in [5.41, 5.74) is 6.97. The van der Waals surface area contributed by atoms with Crippen LogP contribution in [-0.4, -0.2) is 18.1 Å². The van der Waals surface area contributed by atoms with E-state index in [1.807, 2.05) is 18.3 Å². The molecule has 0 spiro atoms. The standard InChI is InChI=1S/C11H19N3/c1-9-4-5-13-10(6-9)14-8-11(2,3)7-12/h4-6H,7-8,12H2,1-3H3,(H,13,14). The van der Waals surface area contributed by atoms with Crippen molar-refractivity contribution in [2.45, 2.75) is 20.8 Å². The quantitative estimate of drug-likeness (QED) is 0.766. The maximum absolute atomic E-state index is 5.64. The van der Waals surface area contributed by atoms with Gasteiger partial charge in [-0.2, -0.15) is 0 Å². The second-order valence-corrected chi connectivity index (χ2v) is 4.44. The van der Waals surface area contributed by atoms with Crippen LogP contribution in [0.2, 0.25) is 0 Å². The average Bonchev–Trinajstić information content (AvgIpc) is 2.15. The molecule has 3 nitrogen and oxygen atoms in total. The molecule has 0 unspecified atom stereocenters. The van der Waals surface area contributed by atoms with Crippen molar-refractivity contribution >= 4 is 5.82 Å². The number of aryl methyl sites for hydroxylation is 1. The number of hydrogen-bond donors (Lipinski definition) is 2. The average molecular weight is 193 g/mol. The summed E-state index contributed by atoms with van der Waals surface area (Å²) in [5, 5.41) is 3.29. The minimum absolute atomic E-state index is 0.116. The van der Waals surface area contributed by atoms with Crippen LogP contribution in [-0.2, 0) is 0 Å². The van der Waals surface area contributed by atoms with Gasteiger partial charge in [-0.25, -0.2) is 4.98 Å². The Morgan fingerprint density at radius 2 is 2.21 bits per heavy atom. The van der Waals surface area contributed by atoms with Crippen LogP contribution in [0.15, 0.2) is 18.3 Å². The van der Waals surface area contributed by atoms with Crippen LogP contribution in [0.5, 0.6) is 0 Å². The van der Waals surface area contributed by atoms with Crippen LogP contribution in [0.3, 0.4) is 0 Å². The van der Waals surface area contributed by atoms with E-state index < -0.39 is 0 Å². The molecule has 0 aromatic carbocycles. The van der Waals surface area contributed by atoms with E-state index in [1.54, 1.807) is 0 Å². The third kappa shape index (κ3) is 3.34. The third-order valence-corrected chi connectivity index (χ3v) is 2.22. The zero-order valence-corrected chi connectivity index (χ0v) is 9.17. The molecule has 0 bridgehead atoms. The summed E-state index contributed by atoms with van der Waals surface area (Å²) in [6, 6.07) is 4.02. The van der Waals surface area contributed by atoms with Crippen molar-refractivity contribution in [1.82, 2.24) is 4.98 Å². The summed E-state index contributed by atoms with van der Waals surface area (Å²) in [6.07, 6.45) is 1.81. The molecule has 0 radical (unpaired) electrons. The topological polar surface area (TPSA) is 50.9 Å². The van der Waals surface area contributed by atoms with Gasteiger partial charge in [0.05, 0.1) is 0 Å². The lowest BCUT2D eigenvalue weighted by atomic mass is 9.94. The number of nitrogens with zero attached hydrogens (tertiary/aromatic N) is 1. The van der Waals surface area contributed by atoms with Gasteiger partial charge in [-0.05, 0) is 36.6 Å². The molecule has 0 saturated carbocycles. The highest BCUT2D eigenvalue weighted by Gasteiger charge is 2.14. The maximum Gasteiger partial charge on any atom is 0.126 e. The summed E-state index contributed by atoms with van der Waals surface area (Å²) in [7, 11) is 0. The Bertz CT molecular complexity index is 294. The minimum Gasteiger partial charge on any atom is -0.369 e. The Morgan fingerprint density at radius 1 is 1.50 bits per heavy atom. The van der Waals surface area contributed by atoms with Crippen molar-refractivity contribution in [2.24, 2.45) is 11.1 Å². The molecular weight excluding hydrogens is 174 g/mol. The number of hydrogen-bond acceptors (Lipinski definition) is 3. The van der Waals surface area contributed by atoms with E-state index in [9.17, 15) is 0 Å². The van der Waals surface area contributed by atoms with Gasteiger partial charge in [0.25, 0.3) is 0 Å². The molecule has 0 saturated heterocycles. The molecule has 0 amide bonds. The van der Waals surface area contributed by atoms with E-state index >= 15 is 0 Å². The molecule has 3 heteroatoms. The van der Waals surface area contributed by atoms with Crippen LogP contribution in [0.25, 0.3) is 0 Å². The van der Waals surface area contributed by atoms with E-state index in [-0.39, 0.29) is 5.41 Å². The predicted octanol–water partition coefficient (Wildman–Crippen LogP) is 1.79. The normalized spacial score (nSPS) is 11.4. The fourth-order valence-electron chi connectivity index (χ4n) is 1.03. The van der Waals surface area contributed by atoms with Gasteiger partial charge < -0.3 is 11.1 Å². The van der Waals surface area contributed by atoms with Crippen molar-refractivity contribution in [1.29, 1.82) is 0 Å². The molecule has 1 aromatic heterocycles. The zero-order chi connectivity index (χ0) is 10.6. The molecular formula is C11H19N3. The molecule has 0 aliphatic heterocycles. The molecule has 0 fully saturated rings. The molecule has 1 aromatic rings. The Balaban J connectivity index is 2.54. The van der Waals surface area contributed by atoms with Crippen molar-refractivity contribution < 1.29 is 0 Å². The minimum atomic E-state index is 0.116. The Morgan fingerprint density at radius 3 is 2.79 bits per heavy atom. The Hall–Kier alpha value is -1.09. The van der Waals surface area contributed by atoms with E-state index in [0.29, 0.717) is 6.54 Å². The maximum atomic E-state index is 5.64. The largest absolute Gasteiger partial charge is 0.369 e. The summed E-state index contributed by atoms with van der Waals surface area (Å²) < 4.78 is 0.